The van der Waals surface area contributed by atoms with E-state index in [0.29, 0.717) is 6.04 Å². The molecule has 1 unspecified atom stereocenters. The Morgan fingerprint density at radius 1 is 1.32 bits per heavy atom. The second-order valence-corrected chi connectivity index (χ2v) is 6.02. The number of nitrogens with one attached hydrogen (secondary N) is 1. The molecule has 1 aromatic carbocycles. The molecule has 1 rings (SSSR count). The van der Waals surface area contributed by atoms with Crippen LogP contribution in [-0.2, 0) is 0 Å². The fourth-order valence-corrected chi connectivity index (χ4v) is 3.27. The van der Waals surface area contributed by atoms with Crippen LogP contribution in [0.3, 0.4) is 0 Å². The van der Waals surface area contributed by atoms with Crippen molar-refractivity contribution in [1.82, 2.24) is 5.32 Å². The monoisotopic (exact) mass is 281 g/mol. The van der Waals surface area contributed by atoms with Crippen LogP contribution < -0.4 is 10.1 Å². The minimum atomic E-state index is 0.362. The lowest BCUT2D eigenvalue weighted by Gasteiger charge is -2.19. The van der Waals surface area contributed by atoms with Gasteiger partial charge in [-0.15, -0.1) is 0 Å². The Hall–Kier alpha value is -0.670. The lowest BCUT2D eigenvalue weighted by Crippen LogP contribution is -2.19. The molecule has 0 saturated carbocycles. The zero-order valence-corrected chi connectivity index (χ0v) is 13.5. The maximum absolute atomic E-state index is 5.48. The van der Waals surface area contributed by atoms with Gasteiger partial charge in [0.05, 0.1) is 7.11 Å². The Morgan fingerprint density at radius 3 is 2.74 bits per heavy atom. The number of unbranched alkanes of at least 4 members (excludes halogenated alkanes) is 2. The van der Waals surface area contributed by atoms with Gasteiger partial charge in [-0.05, 0) is 32.2 Å². The fraction of sp³-hybridized carbons (Fsp3) is 0.625. The van der Waals surface area contributed by atoms with E-state index in [1.807, 2.05) is 18.8 Å². The van der Waals surface area contributed by atoms with Crippen LogP contribution in [0.15, 0.2) is 18.2 Å². The lowest BCUT2D eigenvalue weighted by atomic mass is 10.0. The number of aryl methyl sites for hydroxylation is 1. The molecule has 19 heavy (non-hydrogen) atoms. The molecule has 2 nitrogen and oxygen atoms in total. The van der Waals surface area contributed by atoms with Crippen molar-refractivity contribution in [3.05, 3.63) is 29.3 Å². The minimum absolute atomic E-state index is 0.362. The maximum Gasteiger partial charge on any atom is 0.123 e. The van der Waals surface area contributed by atoms with Crippen LogP contribution in [0.2, 0.25) is 0 Å². The molecule has 0 aliphatic rings. The molecule has 108 valence electrons. The zero-order chi connectivity index (χ0) is 14.1. The highest BCUT2D eigenvalue weighted by atomic mass is 32.2. The van der Waals surface area contributed by atoms with Gasteiger partial charge in [-0.1, -0.05) is 37.5 Å². The number of methoxy groups -OCH3 is 1. The molecule has 0 aliphatic heterocycles. The molecule has 0 bridgehead atoms. The third kappa shape index (κ3) is 5.45. The van der Waals surface area contributed by atoms with Gasteiger partial charge in [0.25, 0.3) is 0 Å². The molecule has 0 radical (unpaired) electrons. The Labute approximate surface area is 122 Å². The first-order chi connectivity index (χ1) is 9.22. The van der Waals surface area contributed by atoms with Crippen LogP contribution >= 0.6 is 11.8 Å². The highest BCUT2D eigenvalue weighted by Gasteiger charge is 2.14. The Balaban J connectivity index is 2.60. The summed E-state index contributed by atoms with van der Waals surface area (Å²) in [6.07, 6.45) is 3.95. The molecular formula is C16H27NOS. The molecule has 0 fully saturated rings. The molecule has 1 atom stereocenters. The molecule has 0 saturated heterocycles. The van der Waals surface area contributed by atoms with Gasteiger partial charge < -0.3 is 10.1 Å². The summed E-state index contributed by atoms with van der Waals surface area (Å²) in [6.45, 7) is 4.38. The van der Waals surface area contributed by atoms with Crippen molar-refractivity contribution in [3.63, 3.8) is 0 Å². The maximum atomic E-state index is 5.48. The first-order valence-corrected chi connectivity index (χ1v) is 8.28. The first kappa shape index (κ1) is 16.4. The smallest absolute Gasteiger partial charge is 0.123 e. The van der Waals surface area contributed by atoms with Crippen LogP contribution in [0.1, 0.15) is 43.4 Å². The molecule has 0 aromatic heterocycles. The molecule has 0 aliphatic carbocycles. The predicted octanol–water partition coefficient (Wildman–Crippen LogP) is 4.19. The zero-order valence-electron chi connectivity index (χ0n) is 12.7. The van der Waals surface area contributed by atoms with E-state index in [4.69, 9.17) is 4.74 Å². The number of rotatable bonds is 9. The van der Waals surface area contributed by atoms with Crippen LogP contribution in [0.4, 0.5) is 0 Å². The second kappa shape index (κ2) is 9.27. The van der Waals surface area contributed by atoms with Crippen LogP contribution in [0.25, 0.3) is 0 Å². The fourth-order valence-electron chi connectivity index (χ4n) is 2.11. The van der Waals surface area contributed by atoms with E-state index >= 15 is 0 Å². The Kier molecular flexibility index (Phi) is 7.99. The van der Waals surface area contributed by atoms with Gasteiger partial charge in [-0.2, -0.15) is 11.8 Å². The average molecular weight is 281 g/mol. The number of ether oxygens (including phenoxy) is 1. The quantitative estimate of drug-likeness (QED) is 0.686. The SMILES string of the molecule is CCCCCSCC(NC)c1cc(C)ccc1OC. The van der Waals surface area contributed by atoms with E-state index < -0.39 is 0 Å². The molecule has 1 N–H and O–H groups in total. The van der Waals surface area contributed by atoms with Gasteiger partial charge in [0, 0.05) is 17.4 Å². The van der Waals surface area contributed by atoms with Crippen molar-refractivity contribution in [2.75, 3.05) is 25.7 Å². The molecule has 3 heteroatoms. The molecule has 0 spiro atoms. The van der Waals surface area contributed by atoms with Crippen molar-refractivity contribution in [2.24, 2.45) is 0 Å². The van der Waals surface area contributed by atoms with E-state index in [1.54, 1.807) is 7.11 Å². The molecule has 0 amide bonds. The van der Waals surface area contributed by atoms with Gasteiger partial charge in [0.15, 0.2) is 0 Å². The van der Waals surface area contributed by atoms with Crippen molar-refractivity contribution in [2.45, 2.75) is 39.2 Å². The van der Waals surface area contributed by atoms with E-state index in [9.17, 15) is 0 Å². The van der Waals surface area contributed by atoms with Crippen LogP contribution in [-0.4, -0.2) is 25.7 Å². The topological polar surface area (TPSA) is 21.3 Å². The summed E-state index contributed by atoms with van der Waals surface area (Å²) in [6, 6.07) is 6.76. The normalized spacial score (nSPS) is 12.4. The van der Waals surface area contributed by atoms with E-state index in [2.05, 4.69) is 37.4 Å². The second-order valence-electron chi connectivity index (χ2n) is 4.87. The predicted molar refractivity (Wildman–Crippen MR) is 86.4 cm³/mol. The van der Waals surface area contributed by atoms with Crippen molar-refractivity contribution in [1.29, 1.82) is 0 Å². The number of hydrogen-bond donors (Lipinski definition) is 1. The van der Waals surface area contributed by atoms with Crippen LogP contribution in [0.5, 0.6) is 5.75 Å². The summed E-state index contributed by atoms with van der Waals surface area (Å²) >= 11 is 2.03. The van der Waals surface area contributed by atoms with E-state index in [-0.39, 0.29) is 0 Å². The third-order valence-electron chi connectivity index (χ3n) is 3.29. The largest absolute Gasteiger partial charge is 0.496 e. The number of thioether (sulfide) groups is 1. The third-order valence-corrected chi connectivity index (χ3v) is 4.43. The number of hydrogen-bond acceptors (Lipinski definition) is 3. The highest BCUT2D eigenvalue weighted by Crippen LogP contribution is 2.28. The average Bonchev–Trinajstić information content (AvgIpc) is 2.43. The van der Waals surface area contributed by atoms with E-state index in [1.165, 1.54) is 36.1 Å². The van der Waals surface area contributed by atoms with Gasteiger partial charge in [0.2, 0.25) is 0 Å². The Morgan fingerprint density at radius 2 is 2.11 bits per heavy atom. The summed E-state index contributed by atoms with van der Waals surface area (Å²) in [4.78, 5) is 0. The highest BCUT2D eigenvalue weighted by molar-refractivity contribution is 7.99. The lowest BCUT2D eigenvalue weighted by molar-refractivity contribution is 0.404. The Bertz CT molecular complexity index is 368. The van der Waals surface area contributed by atoms with Crippen molar-refractivity contribution < 1.29 is 4.74 Å². The molecule has 1 aromatic rings. The summed E-state index contributed by atoms with van der Waals surface area (Å²) in [5.41, 5.74) is 2.56. The molecule has 0 heterocycles. The minimum Gasteiger partial charge on any atom is -0.496 e. The van der Waals surface area contributed by atoms with E-state index in [0.717, 1.165) is 11.5 Å². The van der Waals surface area contributed by atoms with Gasteiger partial charge in [0.1, 0.15) is 5.75 Å². The van der Waals surface area contributed by atoms with Gasteiger partial charge in [-0.25, -0.2) is 0 Å². The summed E-state index contributed by atoms with van der Waals surface area (Å²) in [5, 5.41) is 3.41. The summed E-state index contributed by atoms with van der Waals surface area (Å²) < 4.78 is 5.48. The summed E-state index contributed by atoms with van der Waals surface area (Å²) in [7, 11) is 3.77. The van der Waals surface area contributed by atoms with Crippen molar-refractivity contribution >= 4 is 11.8 Å². The number of benzene rings is 1. The standard InChI is InChI=1S/C16H27NOS/c1-5-6-7-10-19-12-15(17-3)14-11-13(2)8-9-16(14)18-4/h8-9,11,15,17H,5-7,10,12H2,1-4H3. The van der Waals surface area contributed by atoms with Crippen LogP contribution in [0, 0.1) is 6.92 Å². The molecular weight excluding hydrogens is 254 g/mol. The first-order valence-electron chi connectivity index (χ1n) is 7.12. The van der Waals surface area contributed by atoms with Gasteiger partial charge >= 0.3 is 0 Å². The summed E-state index contributed by atoms with van der Waals surface area (Å²) in [5.74, 6) is 3.33. The van der Waals surface area contributed by atoms with Crippen molar-refractivity contribution in [3.8, 4) is 5.75 Å². The van der Waals surface area contributed by atoms with Gasteiger partial charge in [-0.3, -0.25) is 0 Å².